The van der Waals surface area contributed by atoms with Crippen LogP contribution in [0.3, 0.4) is 0 Å². The molecule has 0 fully saturated rings. The first-order valence-corrected chi connectivity index (χ1v) is 7.88. The van der Waals surface area contributed by atoms with Crippen molar-refractivity contribution in [2.75, 3.05) is 6.54 Å². The summed E-state index contributed by atoms with van der Waals surface area (Å²) in [5, 5.41) is 3.32. The van der Waals surface area contributed by atoms with Crippen LogP contribution in [0.1, 0.15) is 16.1 Å². The van der Waals surface area contributed by atoms with E-state index in [9.17, 15) is 9.18 Å². The average Bonchev–Trinajstić information content (AvgIpc) is 3.05. The molecule has 0 unspecified atom stereocenters. The molecule has 24 heavy (non-hydrogen) atoms. The Labute approximate surface area is 144 Å². The van der Waals surface area contributed by atoms with Crippen LogP contribution in [0, 0.1) is 5.82 Å². The Morgan fingerprint density at radius 1 is 1.08 bits per heavy atom. The standard InChI is InChI=1S/C19H15ClFNO2/c20-16-7-2-1-6-15(16)17-8-9-18(24-17)19(23)22-11-10-13-4-3-5-14(21)12-13/h1-9,12H,10-11H2,(H,22,23). The van der Waals surface area contributed by atoms with Gasteiger partial charge >= 0.3 is 0 Å². The van der Waals surface area contributed by atoms with Crippen LogP contribution < -0.4 is 5.32 Å². The van der Waals surface area contributed by atoms with Crippen LogP contribution in [0.5, 0.6) is 0 Å². The Balaban J connectivity index is 1.61. The minimum absolute atomic E-state index is 0.212. The Morgan fingerprint density at radius 2 is 1.92 bits per heavy atom. The van der Waals surface area contributed by atoms with Crippen molar-refractivity contribution >= 4 is 17.5 Å². The van der Waals surface area contributed by atoms with Crippen molar-refractivity contribution in [2.45, 2.75) is 6.42 Å². The molecule has 0 saturated carbocycles. The van der Waals surface area contributed by atoms with Crippen molar-refractivity contribution < 1.29 is 13.6 Å². The summed E-state index contributed by atoms with van der Waals surface area (Å²) in [6.45, 7) is 0.393. The molecule has 1 N–H and O–H groups in total. The third-order valence-corrected chi connectivity index (χ3v) is 3.89. The second-order valence-electron chi connectivity index (χ2n) is 5.28. The first kappa shape index (κ1) is 16.3. The minimum Gasteiger partial charge on any atom is -0.451 e. The smallest absolute Gasteiger partial charge is 0.287 e. The highest BCUT2D eigenvalue weighted by molar-refractivity contribution is 6.33. The highest BCUT2D eigenvalue weighted by atomic mass is 35.5. The van der Waals surface area contributed by atoms with Crippen molar-refractivity contribution in [1.29, 1.82) is 0 Å². The molecule has 3 nitrogen and oxygen atoms in total. The van der Waals surface area contributed by atoms with E-state index in [4.69, 9.17) is 16.0 Å². The Kier molecular flexibility index (Phi) is 4.96. The average molecular weight is 344 g/mol. The predicted molar refractivity (Wildman–Crippen MR) is 91.6 cm³/mol. The van der Waals surface area contributed by atoms with Gasteiger partial charge in [-0.3, -0.25) is 4.79 Å². The van der Waals surface area contributed by atoms with Gasteiger partial charge in [0.05, 0.1) is 5.02 Å². The molecule has 3 rings (SSSR count). The Morgan fingerprint density at radius 3 is 2.71 bits per heavy atom. The largest absolute Gasteiger partial charge is 0.451 e. The lowest BCUT2D eigenvalue weighted by Gasteiger charge is -2.04. The van der Waals surface area contributed by atoms with E-state index < -0.39 is 0 Å². The number of nitrogens with one attached hydrogen (secondary N) is 1. The fourth-order valence-electron chi connectivity index (χ4n) is 2.37. The lowest BCUT2D eigenvalue weighted by molar-refractivity contribution is 0.0927. The van der Waals surface area contributed by atoms with Gasteiger partial charge in [0.25, 0.3) is 5.91 Å². The van der Waals surface area contributed by atoms with Crippen molar-refractivity contribution in [3.05, 3.63) is 82.8 Å². The number of furan rings is 1. The normalized spacial score (nSPS) is 10.6. The maximum atomic E-state index is 13.1. The van der Waals surface area contributed by atoms with Crippen molar-refractivity contribution in [3.8, 4) is 11.3 Å². The number of hydrogen-bond acceptors (Lipinski definition) is 2. The lowest BCUT2D eigenvalue weighted by Crippen LogP contribution is -2.25. The van der Waals surface area contributed by atoms with Gasteiger partial charge in [-0.25, -0.2) is 4.39 Å². The zero-order chi connectivity index (χ0) is 16.9. The number of hydrogen-bond donors (Lipinski definition) is 1. The molecule has 0 aliphatic carbocycles. The molecule has 5 heteroatoms. The molecule has 0 radical (unpaired) electrons. The number of rotatable bonds is 5. The van der Waals surface area contributed by atoms with E-state index in [1.54, 1.807) is 24.3 Å². The van der Waals surface area contributed by atoms with Crippen molar-refractivity contribution in [1.82, 2.24) is 5.32 Å². The van der Waals surface area contributed by atoms with E-state index in [-0.39, 0.29) is 17.5 Å². The molecule has 1 amide bonds. The van der Waals surface area contributed by atoms with Gasteiger partial charge in [-0.1, -0.05) is 35.9 Å². The van der Waals surface area contributed by atoms with Crippen LogP contribution in [-0.4, -0.2) is 12.5 Å². The quantitative estimate of drug-likeness (QED) is 0.729. The monoisotopic (exact) mass is 343 g/mol. The predicted octanol–water partition coefficient (Wildman–Crippen LogP) is 4.71. The minimum atomic E-state index is -0.315. The molecule has 1 aromatic heterocycles. The van der Waals surface area contributed by atoms with Gasteiger partial charge in [-0.2, -0.15) is 0 Å². The molecular formula is C19H15ClFNO2. The van der Waals surface area contributed by atoms with Crippen molar-refractivity contribution in [2.24, 2.45) is 0 Å². The topological polar surface area (TPSA) is 42.2 Å². The van der Waals surface area contributed by atoms with Gasteiger partial charge in [-0.15, -0.1) is 0 Å². The first-order valence-electron chi connectivity index (χ1n) is 7.51. The van der Waals surface area contributed by atoms with Gasteiger partial charge in [-0.05, 0) is 48.4 Å². The molecule has 0 atom stereocenters. The molecule has 1 heterocycles. The third kappa shape index (κ3) is 3.84. The summed E-state index contributed by atoms with van der Waals surface area (Å²) in [5.41, 5.74) is 1.56. The van der Waals surface area contributed by atoms with E-state index in [1.165, 1.54) is 12.1 Å². The van der Waals surface area contributed by atoms with E-state index in [2.05, 4.69) is 5.32 Å². The van der Waals surface area contributed by atoms with Gasteiger partial charge < -0.3 is 9.73 Å². The lowest BCUT2D eigenvalue weighted by atomic mass is 10.1. The number of halogens is 2. The fourth-order valence-corrected chi connectivity index (χ4v) is 2.59. The fraction of sp³-hybridized carbons (Fsp3) is 0.105. The van der Waals surface area contributed by atoms with Crippen LogP contribution in [0.25, 0.3) is 11.3 Å². The Bertz CT molecular complexity index is 860. The molecule has 0 bridgehead atoms. The highest BCUT2D eigenvalue weighted by Crippen LogP contribution is 2.28. The maximum absolute atomic E-state index is 13.1. The van der Waals surface area contributed by atoms with Crippen molar-refractivity contribution in [3.63, 3.8) is 0 Å². The molecule has 2 aromatic carbocycles. The first-order chi connectivity index (χ1) is 11.6. The molecule has 0 saturated heterocycles. The van der Waals surface area contributed by atoms with E-state index in [0.29, 0.717) is 23.7 Å². The number of benzene rings is 2. The Hall–Kier alpha value is -2.59. The van der Waals surface area contributed by atoms with Crippen LogP contribution in [0.15, 0.2) is 65.1 Å². The van der Waals surface area contributed by atoms with Crippen LogP contribution in [0.4, 0.5) is 4.39 Å². The number of amides is 1. The van der Waals surface area contributed by atoms with E-state index in [0.717, 1.165) is 11.1 Å². The van der Waals surface area contributed by atoms with Gasteiger partial charge in [0.15, 0.2) is 5.76 Å². The molecule has 3 aromatic rings. The SMILES string of the molecule is O=C(NCCc1cccc(F)c1)c1ccc(-c2ccccc2Cl)o1. The summed E-state index contributed by atoms with van der Waals surface area (Å²) in [7, 11) is 0. The number of carbonyl (C=O) groups excluding carboxylic acids is 1. The summed E-state index contributed by atoms with van der Waals surface area (Å²) in [4.78, 5) is 12.1. The zero-order valence-electron chi connectivity index (χ0n) is 12.8. The van der Waals surface area contributed by atoms with Crippen LogP contribution in [-0.2, 0) is 6.42 Å². The summed E-state index contributed by atoms with van der Waals surface area (Å²) >= 11 is 6.12. The molecule has 0 aliphatic rings. The zero-order valence-corrected chi connectivity index (χ0v) is 13.5. The van der Waals surface area contributed by atoms with E-state index in [1.807, 2.05) is 24.3 Å². The van der Waals surface area contributed by atoms with Crippen LogP contribution in [0.2, 0.25) is 5.02 Å². The van der Waals surface area contributed by atoms with Gasteiger partial charge in [0.2, 0.25) is 0 Å². The van der Waals surface area contributed by atoms with E-state index >= 15 is 0 Å². The summed E-state index contributed by atoms with van der Waals surface area (Å²) in [6.07, 6.45) is 0.543. The number of carbonyl (C=O) groups is 1. The molecule has 122 valence electrons. The maximum Gasteiger partial charge on any atom is 0.287 e. The van der Waals surface area contributed by atoms with Gasteiger partial charge in [0, 0.05) is 12.1 Å². The summed E-state index contributed by atoms with van der Waals surface area (Å²) in [5.74, 6) is 0.152. The second kappa shape index (κ2) is 7.32. The summed E-state index contributed by atoms with van der Waals surface area (Å²) < 4.78 is 18.7. The third-order valence-electron chi connectivity index (χ3n) is 3.56. The molecule has 0 aliphatic heterocycles. The second-order valence-corrected chi connectivity index (χ2v) is 5.69. The van der Waals surface area contributed by atoms with Crippen LogP contribution >= 0.6 is 11.6 Å². The molecule has 0 spiro atoms. The summed E-state index contributed by atoms with van der Waals surface area (Å²) in [6, 6.07) is 16.9. The van der Waals surface area contributed by atoms with Gasteiger partial charge in [0.1, 0.15) is 11.6 Å². The molecular weight excluding hydrogens is 329 g/mol. The highest BCUT2D eigenvalue weighted by Gasteiger charge is 2.13.